The van der Waals surface area contributed by atoms with Gasteiger partial charge in [0.15, 0.2) is 0 Å². The van der Waals surface area contributed by atoms with Gasteiger partial charge in [-0.15, -0.1) is 0 Å². The van der Waals surface area contributed by atoms with Gasteiger partial charge in [0.2, 0.25) is 0 Å². The number of hydrogen-bond donors (Lipinski definition) is 6. The molecule has 3 aliphatic heterocycles. The van der Waals surface area contributed by atoms with Crippen molar-refractivity contribution in [3.05, 3.63) is 70.6 Å². The molecule has 0 aromatic carbocycles. The quantitative estimate of drug-likeness (QED) is 0.233. The summed E-state index contributed by atoms with van der Waals surface area (Å²) in [4.78, 5) is 11.1. The summed E-state index contributed by atoms with van der Waals surface area (Å²) in [6.07, 6.45) is 13.7. The number of likely N-dealkylation sites (tertiary alicyclic amines) is 1. The molecule has 3 rings (SSSR count). The molecule has 3 heterocycles. The van der Waals surface area contributed by atoms with Crippen LogP contribution in [0.15, 0.2) is 80.6 Å². The molecule has 1 saturated heterocycles. The monoisotopic (exact) mass is 436 g/mol. The van der Waals surface area contributed by atoms with Crippen LogP contribution in [0.4, 0.5) is 0 Å². The summed E-state index contributed by atoms with van der Waals surface area (Å²) in [5.41, 5.74) is 16.2. The number of aliphatic imine (C=N–C) groups is 2. The molecule has 9 heteroatoms. The van der Waals surface area contributed by atoms with Crippen LogP contribution in [-0.4, -0.2) is 60.6 Å². The molecular formula is C23H32N8O. The number of amidine groups is 1. The minimum Gasteiger partial charge on any atom is -0.404 e. The van der Waals surface area contributed by atoms with E-state index in [-0.39, 0.29) is 12.0 Å². The van der Waals surface area contributed by atoms with Crippen LogP contribution in [0.3, 0.4) is 0 Å². The van der Waals surface area contributed by atoms with Gasteiger partial charge in [0, 0.05) is 55.6 Å². The molecule has 170 valence electrons. The highest BCUT2D eigenvalue weighted by Crippen LogP contribution is 2.22. The van der Waals surface area contributed by atoms with E-state index >= 15 is 0 Å². The predicted molar refractivity (Wildman–Crippen MR) is 130 cm³/mol. The van der Waals surface area contributed by atoms with Crippen molar-refractivity contribution in [2.45, 2.75) is 20.0 Å². The van der Waals surface area contributed by atoms with Crippen LogP contribution in [0.25, 0.3) is 0 Å². The third kappa shape index (κ3) is 6.05. The summed E-state index contributed by atoms with van der Waals surface area (Å²) in [6, 6.07) is 0. The molecule has 0 radical (unpaired) electrons. The fraction of sp³-hybridized carbons (Fsp3) is 0.348. The number of nitrogens with two attached hydrogens (primary N) is 2. The SMILES string of the molecule is CC(C)C(C=N)=CC(N)=NC1=CC=C2NC=C(C(C=NCCN3CC(O)C3)=CN)C=C2N1. The lowest BCUT2D eigenvalue weighted by atomic mass is 10.0. The fourth-order valence-corrected chi connectivity index (χ4v) is 3.34. The normalized spacial score (nSPS) is 20.6. The van der Waals surface area contributed by atoms with E-state index in [0.717, 1.165) is 47.7 Å². The average molecular weight is 437 g/mol. The number of nitrogens with one attached hydrogen (secondary N) is 3. The number of aliphatic hydroxyl groups excluding tert-OH is 1. The second kappa shape index (κ2) is 10.7. The molecular weight excluding hydrogens is 404 g/mol. The first-order chi connectivity index (χ1) is 15.4. The van der Waals surface area contributed by atoms with E-state index in [4.69, 9.17) is 16.9 Å². The standard InChI is InChI=1S/C23H32N8O/c1-15(2)16(9-24)8-22(26)30-23-4-3-20-21(29-23)7-17(12-28-20)18(10-25)11-27-5-6-31-13-19(32)14-31/h3-4,7-12,15,19,24,28-29,32H,5-6,13-14,25H2,1-2H3,(H2,26,30). The summed E-state index contributed by atoms with van der Waals surface area (Å²) >= 11 is 0. The maximum absolute atomic E-state index is 9.34. The number of hydrogen-bond acceptors (Lipinski definition) is 8. The minimum absolute atomic E-state index is 0.194. The van der Waals surface area contributed by atoms with Gasteiger partial charge in [0.1, 0.15) is 11.7 Å². The fourth-order valence-electron chi connectivity index (χ4n) is 3.34. The molecule has 0 bridgehead atoms. The van der Waals surface area contributed by atoms with Gasteiger partial charge in [-0.05, 0) is 35.8 Å². The molecule has 0 atom stereocenters. The Hall–Kier alpha value is -3.43. The Labute approximate surface area is 188 Å². The third-order valence-electron chi connectivity index (χ3n) is 5.27. The second-order valence-electron chi connectivity index (χ2n) is 8.11. The van der Waals surface area contributed by atoms with Crippen molar-refractivity contribution in [2.75, 3.05) is 26.2 Å². The Balaban J connectivity index is 1.64. The predicted octanol–water partition coefficient (Wildman–Crippen LogP) is 0.865. The number of β-amino-alcohol motifs (C(OH)–C–C–N with tert-alkyl or cyclic N) is 1. The average Bonchev–Trinajstić information content (AvgIpc) is 2.75. The summed E-state index contributed by atoms with van der Waals surface area (Å²) in [6.45, 7) is 6.91. The van der Waals surface area contributed by atoms with Crippen LogP contribution in [0, 0.1) is 11.3 Å². The summed E-state index contributed by atoms with van der Waals surface area (Å²) in [7, 11) is 0. The van der Waals surface area contributed by atoms with Crippen molar-refractivity contribution in [1.82, 2.24) is 15.5 Å². The highest BCUT2D eigenvalue weighted by molar-refractivity contribution is 5.97. The molecule has 0 amide bonds. The van der Waals surface area contributed by atoms with Crippen molar-refractivity contribution in [1.29, 1.82) is 5.41 Å². The highest BCUT2D eigenvalue weighted by Gasteiger charge is 2.23. The Morgan fingerprint density at radius 1 is 1.34 bits per heavy atom. The van der Waals surface area contributed by atoms with Gasteiger partial charge in [0.05, 0.1) is 24.0 Å². The molecule has 3 aliphatic rings. The molecule has 0 spiro atoms. The van der Waals surface area contributed by atoms with Gasteiger partial charge in [-0.1, -0.05) is 13.8 Å². The summed E-state index contributed by atoms with van der Waals surface area (Å²) in [5, 5.41) is 23.4. The first-order valence-electron chi connectivity index (χ1n) is 10.7. The van der Waals surface area contributed by atoms with E-state index in [9.17, 15) is 5.11 Å². The molecule has 0 unspecified atom stereocenters. The van der Waals surface area contributed by atoms with E-state index in [0.29, 0.717) is 18.2 Å². The van der Waals surface area contributed by atoms with Crippen LogP contribution in [0.5, 0.6) is 0 Å². The molecule has 1 fully saturated rings. The second-order valence-corrected chi connectivity index (χ2v) is 8.11. The molecule has 0 aromatic heterocycles. The van der Waals surface area contributed by atoms with Gasteiger partial charge in [-0.2, -0.15) is 0 Å². The highest BCUT2D eigenvalue weighted by atomic mass is 16.3. The van der Waals surface area contributed by atoms with Gasteiger partial charge >= 0.3 is 0 Å². The van der Waals surface area contributed by atoms with E-state index in [1.54, 1.807) is 12.3 Å². The lowest BCUT2D eigenvalue weighted by Gasteiger charge is -2.35. The maximum atomic E-state index is 9.34. The zero-order valence-electron chi connectivity index (χ0n) is 18.5. The Bertz CT molecular complexity index is 972. The lowest BCUT2D eigenvalue weighted by molar-refractivity contribution is 0.00449. The van der Waals surface area contributed by atoms with Crippen molar-refractivity contribution >= 4 is 18.3 Å². The molecule has 0 saturated carbocycles. The maximum Gasteiger partial charge on any atom is 0.132 e. The van der Waals surface area contributed by atoms with Crippen molar-refractivity contribution in [2.24, 2.45) is 27.4 Å². The molecule has 9 nitrogen and oxygen atoms in total. The number of allylic oxidation sites excluding steroid dienone is 6. The van der Waals surface area contributed by atoms with Crippen molar-refractivity contribution in [3.8, 4) is 0 Å². The zero-order chi connectivity index (χ0) is 23.1. The molecule has 8 N–H and O–H groups in total. The smallest absolute Gasteiger partial charge is 0.132 e. The number of aliphatic hydroxyl groups is 1. The van der Waals surface area contributed by atoms with Crippen LogP contribution >= 0.6 is 0 Å². The Kier molecular flexibility index (Phi) is 7.80. The zero-order valence-corrected chi connectivity index (χ0v) is 18.5. The number of dihydropyridines is 2. The molecule has 0 aliphatic carbocycles. The summed E-state index contributed by atoms with van der Waals surface area (Å²) < 4.78 is 0. The van der Waals surface area contributed by atoms with Gasteiger partial charge in [-0.3, -0.25) is 9.89 Å². The van der Waals surface area contributed by atoms with E-state index in [2.05, 4.69) is 25.5 Å². The van der Waals surface area contributed by atoms with Gasteiger partial charge in [0.25, 0.3) is 0 Å². The van der Waals surface area contributed by atoms with Gasteiger partial charge < -0.3 is 32.6 Å². The number of nitrogens with zero attached hydrogens (tertiary/aromatic N) is 3. The first kappa shape index (κ1) is 23.2. The van der Waals surface area contributed by atoms with Crippen molar-refractivity contribution < 1.29 is 5.11 Å². The topological polar surface area (TPSA) is 148 Å². The van der Waals surface area contributed by atoms with Crippen LogP contribution < -0.4 is 22.1 Å². The number of fused-ring (bicyclic) bond motifs is 1. The van der Waals surface area contributed by atoms with E-state index in [1.807, 2.05) is 38.3 Å². The molecule has 32 heavy (non-hydrogen) atoms. The minimum atomic E-state index is -0.197. The Morgan fingerprint density at radius 3 is 2.78 bits per heavy atom. The lowest BCUT2D eigenvalue weighted by Crippen LogP contribution is -2.51. The van der Waals surface area contributed by atoms with E-state index < -0.39 is 0 Å². The summed E-state index contributed by atoms with van der Waals surface area (Å²) in [5.74, 6) is 1.13. The molecule has 0 aromatic rings. The van der Waals surface area contributed by atoms with Crippen LogP contribution in [0.1, 0.15) is 13.8 Å². The van der Waals surface area contributed by atoms with Crippen LogP contribution in [0.2, 0.25) is 0 Å². The Morgan fingerprint density at radius 2 is 2.12 bits per heavy atom. The van der Waals surface area contributed by atoms with E-state index in [1.165, 1.54) is 12.4 Å². The number of rotatable bonds is 9. The first-order valence-corrected chi connectivity index (χ1v) is 10.7. The third-order valence-corrected chi connectivity index (χ3v) is 5.27. The largest absolute Gasteiger partial charge is 0.404 e. The van der Waals surface area contributed by atoms with Crippen molar-refractivity contribution in [3.63, 3.8) is 0 Å². The van der Waals surface area contributed by atoms with Gasteiger partial charge in [-0.25, -0.2) is 4.99 Å². The van der Waals surface area contributed by atoms with Crippen LogP contribution in [-0.2, 0) is 0 Å².